The van der Waals surface area contributed by atoms with E-state index in [1.807, 2.05) is 0 Å². The molecule has 0 radical (unpaired) electrons. The second kappa shape index (κ2) is 41.4. The minimum Gasteiger partial charge on any atom is -0.481 e. The van der Waals surface area contributed by atoms with Crippen LogP contribution in [-0.4, -0.2) is 205 Å². The van der Waals surface area contributed by atoms with Gasteiger partial charge in [0, 0.05) is 19.6 Å². The standard InChI is InChI=1S/C33H61NO16/c1-2-8-39-14-20-45-26-29-48-23-17-42-11-5-34(6-12-43-18-24-49-30-27-46-21-15-40-9-3-32(35)36)7-13-44-19-25-50-31-28-47-22-16-41-10-4-33(37)38/h1H,3-31H2,(H,35,36)(H,37,38). The van der Waals surface area contributed by atoms with Crippen molar-refractivity contribution in [3.63, 3.8) is 0 Å². The molecule has 0 saturated heterocycles. The molecule has 0 rings (SSSR count). The Bertz CT molecular complexity index is 731. The predicted molar refractivity (Wildman–Crippen MR) is 180 cm³/mol. The van der Waals surface area contributed by atoms with Crippen molar-refractivity contribution in [2.75, 3.05) is 178 Å². The van der Waals surface area contributed by atoms with Crippen molar-refractivity contribution >= 4 is 11.9 Å². The average molecular weight is 728 g/mol. The third-order valence-corrected chi connectivity index (χ3v) is 6.11. The molecule has 17 heteroatoms. The van der Waals surface area contributed by atoms with Crippen molar-refractivity contribution in [2.45, 2.75) is 12.8 Å². The molecule has 0 aromatic rings. The quantitative estimate of drug-likeness (QED) is 0.0634. The Morgan fingerprint density at radius 3 is 0.840 bits per heavy atom. The molecule has 0 bridgehead atoms. The fourth-order valence-electron chi connectivity index (χ4n) is 3.55. The lowest BCUT2D eigenvalue weighted by Crippen LogP contribution is -2.34. The number of hydrogen-bond acceptors (Lipinski definition) is 15. The van der Waals surface area contributed by atoms with Crippen molar-refractivity contribution in [2.24, 2.45) is 0 Å². The van der Waals surface area contributed by atoms with E-state index < -0.39 is 11.9 Å². The van der Waals surface area contributed by atoms with Gasteiger partial charge in [-0.3, -0.25) is 14.5 Å². The Morgan fingerprint density at radius 1 is 0.380 bits per heavy atom. The third-order valence-electron chi connectivity index (χ3n) is 6.11. The molecule has 0 amide bonds. The smallest absolute Gasteiger partial charge is 0.305 e. The van der Waals surface area contributed by atoms with Gasteiger partial charge in [0.05, 0.1) is 165 Å². The van der Waals surface area contributed by atoms with Crippen LogP contribution in [0, 0.1) is 12.3 Å². The Balaban J connectivity index is 3.95. The summed E-state index contributed by atoms with van der Waals surface area (Å²) in [6.07, 6.45) is 5.07. The third kappa shape index (κ3) is 42.1. The average Bonchev–Trinajstić information content (AvgIpc) is 3.09. The lowest BCUT2D eigenvalue weighted by Gasteiger charge is -2.22. The summed E-state index contributed by atoms with van der Waals surface area (Å²) in [6, 6.07) is 0. The zero-order valence-corrected chi connectivity index (χ0v) is 29.6. The first-order chi connectivity index (χ1) is 24.6. The van der Waals surface area contributed by atoms with E-state index in [-0.39, 0.29) is 32.7 Å². The predicted octanol–water partition coefficient (Wildman–Crippen LogP) is 0.0702. The summed E-state index contributed by atoms with van der Waals surface area (Å²) < 4.78 is 65.4. The summed E-state index contributed by atoms with van der Waals surface area (Å²) in [6.45, 7) is 12.1. The highest BCUT2D eigenvalue weighted by Crippen LogP contribution is 1.93. The largest absolute Gasteiger partial charge is 0.481 e. The molecule has 0 aliphatic heterocycles. The maximum atomic E-state index is 10.4. The monoisotopic (exact) mass is 727 g/mol. The van der Waals surface area contributed by atoms with Crippen LogP contribution < -0.4 is 0 Å². The van der Waals surface area contributed by atoms with E-state index in [1.165, 1.54) is 0 Å². The summed E-state index contributed by atoms with van der Waals surface area (Å²) in [4.78, 5) is 23.0. The number of ether oxygens (including phenoxy) is 12. The van der Waals surface area contributed by atoms with Gasteiger partial charge in [-0.25, -0.2) is 0 Å². The molecule has 0 aliphatic carbocycles. The minimum atomic E-state index is -0.887. The number of carbonyl (C=O) groups is 2. The zero-order valence-electron chi connectivity index (χ0n) is 29.6. The first-order valence-corrected chi connectivity index (χ1v) is 17.1. The van der Waals surface area contributed by atoms with Gasteiger partial charge in [-0.1, -0.05) is 5.92 Å². The fraction of sp³-hybridized carbons (Fsp3) is 0.879. The molecular weight excluding hydrogens is 666 g/mol. The molecule has 0 aromatic carbocycles. The number of aliphatic carboxylic acids is 2. The fourth-order valence-corrected chi connectivity index (χ4v) is 3.55. The van der Waals surface area contributed by atoms with Gasteiger partial charge in [0.15, 0.2) is 0 Å². The molecule has 0 fully saturated rings. The summed E-state index contributed by atoms with van der Waals surface area (Å²) >= 11 is 0. The normalized spacial score (nSPS) is 11.4. The summed E-state index contributed by atoms with van der Waals surface area (Å²) in [5, 5.41) is 17.1. The highest BCUT2D eigenvalue weighted by molar-refractivity contribution is 5.67. The molecule has 50 heavy (non-hydrogen) atoms. The second-order valence-electron chi connectivity index (χ2n) is 10.1. The van der Waals surface area contributed by atoms with Crippen molar-refractivity contribution in [1.82, 2.24) is 4.90 Å². The van der Waals surface area contributed by atoms with Crippen LogP contribution in [0.25, 0.3) is 0 Å². The maximum absolute atomic E-state index is 10.4. The van der Waals surface area contributed by atoms with Crippen LogP contribution in [0.1, 0.15) is 12.8 Å². The second-order valence-corrected chi connectivity index (χ2v) is 10.1. The van der Waals surface area contributed by atoms with E-state index >= 15 is 0 Å². The number of rotatable bonds is 43. The van der Waals surface area contributed by atoms with Gasteiger partial charge in [-0.05, 0) is 0 Å². The van der Waals surface area contributed by atoms with Crippen LogP contribution >= 0.6 is 0 Å². The van der Waals surface area contributed by atoms with E-state index in [2.05, 4.69) is 10.8 Å². The molecule has 0 heterocycles. The molecule has 0 aliphatic rings. The molecule has 2 N–H and O–H groups in total. The molecule has 0 aromatic heterocycles. The number of carboxylic acid groups (broad SMARTS) is 2. The van der Waals surface area contributed by atoms with Crippen LogP contribution in [0.4, 0.5) is 0 Å². The van der Waals surface area contributed by atoms with Gasteiger partial charge < -0.3 is 67.1 Å². The van der Waals surface area contributed by atoms with Crippen LogP contribution in [0.15, 0.2) is 0 Å². The van der Waals surface area contributed by atoms with E-state index in [9.17, 15) is 9.59 Å². The molecule has 0 atom stereocenters. The number of carboxylic acids is 2. The maximum Gasteiger partial charge on any atom is 0.305 e. The lowest BCUT2D eigenvalue weighted by molar-refractivity contribution is -0.139. The Kier molecular flexibility index (Phi) is 39.7. The Hall–Kier alpha value is -2.02. The van der Waals surface area contributed by atoms with Crippen molar-refractivity contribution in [1.29, 1.82) is 0 Å². The molecule has 294 valence electrons. The van der Waals surface area contributed by atoms with E-state index in [0.29, 0.717) is 158 Å². The molecule has 0 unspecified atom stereocenters. The van der Waals surface area contributed by atoms with Crippen LogP contribution in [0.2, 0.25) is 0 Å². The summed E-state index contributed by atoms with van der Waals surface area (Å²) in [5.41, 5.74) is 0. The first kappa shape index (κ1) is 48.0. The summed E-state index contributed by atoms with van der Waals surface area (Å²) in [5.74, 6) is 0.626. The van der Waals surface area contributed by atoms with Gasteiger partial charge in [0.2, 0.25) is 0 Å². The van der Waals surface area contributed by atoms with Gasteiger partial charge >= 0.3 is 11.9 Å². The highest BCUT2D eigenvalue weighted by atomic mass is 16.6. The minimum absolute atomic E-state index is 0.0198. The van der Waals surface area contributed by atoms with Gasteiger partial charge in [0.1, 0.15) is 6.61 Å². The summed E-state index contributed by atoms with van der Waals surface area (Å²) in [7, 11) is 0. The first-order valence-electron chi connectivity index (χ1n) is 17.1. The van der Waals surface area contributed by atoms with Gasteiger partial charge in [-0.2, -0.15) is 0 Å². The van der Waals surface area contributed by atoms with Crippen LogP contribution in [0.3, 0.4) is 0 Å². The SMILES string of the molecule is C#CCOCCOCCOCCOCCN(CCOCCOCCOCCOCCC(=O)O)CCOCCOCCOCCOCCC(=O)O. The zero-order chi connectivity index (χ0) is 36.4. The molecule has 0 saturated carbocycles. The Labute approximate surface area is 296 Å². The molecule has 17 nitrogen and oxygen atoms in total. The van der Waals surface area contributed by atoms with E-state index in [4.69, 9.17) is 73.5 Å². The van der Waals surface area contributed by atoms with Crippen LogP contribution in [-0.2, 0) is 66.4 Å². The van der Waals surface area contributed by atoms with E-state index in [0.717, 1.165) is 0 Å². The van der Waals surface area contributed by atoms with Crippen molar-refractivity contribution in [3.8, 4) is 12.3 Å². The molecular formula is C33H61NO16. The van der Waals surface area contributed by atoms with Gasteiger partial charge in [0.25, 0.3) is 0 Å². The number of nitrogens with zero attached hydrogens (tertiary/aromatic N) is 1. The van der Waals surface area contributed by atoms with Crippen molar-refractivity contribution < 1.29 is 76.6 Å². The number of terminal acetylenes is 1. The number of hydrogen-bond donors (Lipinski definition) is 2. The van der Waals surface area contributed by atoms with Crippen molar-refractivity contribution in [3.05, 3.63) is 0 Å². The molecule has 0 spiro atoms. The van der Waals surface area contributed by atoms with Crippen LogP contribution in [0.5, 0.6) is 0 Å². The Morgan fingerprint density at radius 2 is 0.600 bits per heavy atom. The lowest BCUT2D eigenvalue weighted by atomic mass is 10.4. The van der Waals surface area contributed by atoms with Gasteiger partial charge in [-0.15, -0.1) is 6.42 Å². The highest BCUT2D eigenvalue weighted by Gasteiger charge is 2.06. The topological polar surface area (TPSA) is 189 Å². The van der Waals surface area contributed by atoms with E-state index in [1.54, 1.807) is 0 Å².